The van der Waals surface area contributed by atoms with E-state index in [2.05, 4.69) is 20.4 Å². The first kappa shape index (κ1) is 17.4. The van der Waals surface area contributed by atoms with Crippen molar-refractivity contribution in [2.24, 2.45) is 0 Å². The Morgan fingerprint density at radius 3 is 2.75 bits per heavy atom. The van der Waals surface area contributed by atoms with Crippen LogP contribution in [-0.2, 0) is 6.54 Å². The van der Waals surface area contributed by atoms with Crippen LogP contribution in [0.2, 0.25) is 5.02 Å². The molecule has 0 atom stereocenters. The van der Waals surface area contributed by atoms with E-state index in [0.717, 1.165) is 68.3 Å². The number of nitrogens with zero attached hydrogens (tertiary/aromatic N) is 2. The second kappa shape index (κ2) is 8.62. The highest BCUT2D eigenvalue weighted by molar-refractivity contribution is 6.30. The normalized spacial score (nSPS) is 16.6. The molecule has 6 heteroatoms. The van der Waals surface area contributed by atoms with Crippen LogP contribution < -0.4 is 5.32 Å². The molecular weight excluding hydrogens is 324 g/mol. The van der Waals surface area contributed by atoms with Gasteiger partial charge in [-0.1, -0.05) is 23.7 Å². The van der Waals surface area contributed by atoms with Crippen LogP contribution >= 0.6 is 11.6 Å². The van der Waals surface area contributed by atoms with E-state index >= 15 is 0 Å². The largest absolute Gasteiger partial charge is 0.393 e. The van der Waals surface area contributed by atoms with E-state index < -0.39 is 0 Å². The molecular formula is C18H25ClN4O. The van der Waals surface area contributed by atoms with Crippen LogP contribution in [-0.4, -0.2) is 52.5 Å². The van der Waals surface area contributed by atoms with Gasteiger partial charge in [0, 0.05) is 30.2 Å². The average Bonchev–Trinajstić information content (AvgIpc) is 3.05. The van der Waals surface area contributed by atoms with Gasteiger partial charge in [-0.2, -0.15) is 5.10 Å². The standard InChI is InChI=1S/C18H25ClN4O/c19-16-4-2-14(3-5-16)18-15(13-21-22-18)12-20-8-1-9-23-10-6-17(24)7-11-23/h2-5,13,17,20,24H,1,6-12H2,(H,21,22). The van der Waals surface area contributed by atoms with E-state index in [1.54, 1.807) is 0 Å². The predicted molar refractivity (Wildman–Crippen MR) is 97.0 cm³/mol. The third-order valence-corrected chi connectivity index (χ3v) is 4.80. The molecule has 1 aromatic heterocycles. The Bertz CT molecular complexity index is 620. The number of aromatic amines is 1. The van der Waals surface area contributed by atoms with Gasteiger partial charge in [0.1, 0.15) is 0 Å². The number of H-pyrrole nitrogens is 1. The van der Waals surface area contributed by atoms with Crippen molar-refractivity contribution >= 4 is 11.6 Å². The zero-order chi connectivity index (χ0) is 16.8. The molecule has 1 aliphatic heterocycles. The van der Waals surface area contributed by atoms with E-state index in [9.17, 15) is 5.11 Å². The molecule has 0 amide bonds. The molecule has 2 heterocycles. The highest BCUT2D eigenvalue weighted by Gasteiger charge is 2.16. The molecule has 0 aliphatic carbocycles. The molecule has 1 aromatic carbocycles. The summed E-state index contributed by atoms with van der Waals surface area (Å²) in [5.41, 5.74) is 3.31. The second-order valence-electron chi connectivity index (χ2n) is 6.38. The number of likely N-dealkylation sites (tertiary alicyclic amines) is 1. The Balaban J connectivity index is 1.41. The number of aliphatic hydroxyl groups excluding tert-OH is 1. The summed E-state index contributed by atoms with van der Waals surface area (Å²) in [4.78, 5) is 2.44. The van der Waals surface area contributed by atoms with Gasteiger partial charge in [0.15, 0.2) is 0 Å². The number of halogens is 1. The molecule has 0 radical (unpaired) electrons. The van der Waals surface area contributed by atoms with Crippen molar-refractivity contribution in [3.63, 3.8) is 0 Å². The van der Waals surface area contributed by atoms with Crippen LogP contribution in [0.15, 0.2) is 30.5 Å². The molecule has 0 bridgehead atoms. The van der Waals surface area contributed by atoms with Gasteiger partial charge >= 0.3 is 0 Å². The van der Waals surface area contributed by atoms with E-state index in [1.165, 1.54) is 5.56 Å². The maximum absolute atomic E-state index is 9.52. The van der Waals surface area contributed by atoms with Crippen LogP contribution in [0.3, 0.4) is 0 Å². The summed E-state index contributed by atoms with van der Waals surface area (Å²) in [6.07, 6.45) is 4.72. The van der Waals surface area contributed by atoms with E-state index in [4.69, 9.17) is 11.6 Å². The van der Waals surface area contributed by atoms with E-state index in [1.807, 2.05) is 30.5 Å². The van der Waals surface area contributed by atoms with Gasteiger partial charge in [0.05, 0.1) is 18.0 Å². The van der Waals surface area contributed by atoms with Crippen molar-refractivity contribution in [2.45, 2.75) is 31.9 Å². The lowest BCUT2D eigenvalue weighted by atomic mass is 10.1. The molecule has 3 N–H and O–H groups in total. The third kappa shape index (κ3) is 4.80. The quantitative estimate of drug-likeness (QED) is 0.673. The van der Waals surface area contributed by atoms with E-state index in [-0.39, 0.29) is 6.10 Å². The highest BCUT2D eigenvalue weighted by Crippen LogP contribution is 2.22. The van der Waals surface area contributed by atoms with Gasteiger partial charge in [-0.25, -0.2) is 0 Å². The topological polar surface area (TPSA) is 64.2 Å². The summed E-state index contributed by atoms with van der Waals surface area (Å²) in [5.74, 6) is 0. The number of benzene rings is 1. The van der Waals surface area contributed by atoms with Crippen LogP contribution in [0.4, 0.5) is 0 Å². The summed E-state index contributed by atoms with van der Waals surface area (Å²) in [6.45, 7) is 4.90. The Morgan fingerprint density at radius 1 is 1.25 bits per heavy atom. The first-order chi connectivity index (χ1) is 11.7. The van der Waals surface area contributed by atoms with Crippen molar-refractivity contribution in [1.82, 2.24) is 20.4 Å². The van der Waals surface area contributed by atoms with Gasteiger partial charge < -0.3 is 15.3 Å². The monoisotopic (exact) mass is 348 g/mol. The smallest absolute Gasteiger partial charge is 0.0695 e. The number of nitrogens with one attached hydrogen (secondary N) is 2. The number of aliphatic hydroxyl groups is 1. The van der Waals surface area contributed by atoms with Gasteiger partial charge in [-0.05, 0) is 50.0 Å². The number of hydrogen-bond donors (Lipinski definition) is 3. The van der Waals surface area contributed by atoms with Gasteiger partial charge in [0.25, 0.3) is 0 Å². The minimum atomic E-state index is -0.0910. The Kier molecular flexibility index (Phi) is 6.26. The molecule has 130 valence electrons. The van der Waals surface area contributed by atoms with Crippen LogP contribution in [0.25, 0.3) is 11.3 Å². The van der Waals surface area contributed by atoms with Crippen molar-refractivity contribution in [3.05, 3.63) is 41.0 Å². The molecule has 2 aromatic rings. The fourth-order valence-corrected chi connectivity index (χ4v) is 3.23. The Morgan fingerprint density at radius 2 is 2.00 bits per heavy atom. The molecule has 1 saturated heterocycles. The summed E-state index contributed by atoms with van der Waals surface area (Å²) in [6, 6.07) is 7.79. The minimum absolute atomic E-state index is 0.0910. The number of rotatable bonds is 7. The molecule has 1 fully saturated rings. The van der Waals surface area contributed by atoms with Crippen molar-refractivity contribution in [2.75, 3.05) is 26.2 Å². The fourth-order valence-electron chi connectivity index (χ4n) is 3.11. The maximum Gasteiger partial charge on any atom is 0.0695 e. The summed E-state index contributed by atoms with van der Waals surface area (Å²) in [5, 5.41) is 21.0. The Labute approximate surface area is 148 Å². The number of piperidine rings is 1. The zero-order valence-corrected chi connectivity index (χ0v) is 14.6. The first-order valence-corrected chi connectivity index (χ1v) is 8.99. The first-order valence-electron chi connectivity index (χ1n) is 8.61. The molecule has 0 unspecified atom stereocenters. The van der Waals surface area contributed by atoms with E-state index in [0.29, 0.717) is 0 Å². The lowest BCUT2D eigenvalue weighted by Crippen LogP contribution is -2.37. The second-order valence-corrected chi connectivity index (χ2v) is 6.82. The van der Waals surface area contributed by atoms with Gasteiger partial charge in [-0.15, -0.1) is 0 Å². The maximum atomic E-state index is 9.52. The number of hydrogen-bond acceptors (Lipinski definition) is 4. The molecule has 24 heavy (non-hydrogen) atoms. The van der Waals surface area contributed by atoms with Crippen molar-refractivity contribution in [1.29, 1.82) is 0 Å². The average molecular weight is 349 g/mol. The minimum Gasteiger partial charge on any atom is -0.393 e. The summed E-state index contributed by atoms with van der Waals surface area (Å²) >= 11 is 5.95. The van der Waals surface area contributed by atoms with Gasteiger partial charge in [0.2, 0.25) is 0 Å². The molecule has 1 aliphatic rings. The SMILES string of the molecule is OC1CCN(CCCNCc2cn[nH]c2-c2ccc(Cl)cc2)CC1. The number of aromatic nitrogens is 2. The molecule has 0 spiro atoms. The van der Waals surface area contributed by atoms with Crippen LogP contribution in [0.5, 0.6) is 0 Å². The van der Waals surface area contributed by atoms with Crippen molar-refractivity contribution < 1.29 is 5.11 Å². The molecule has 5 nitrogen and oxygen atoms in total. The van der Waals surface area contributed by atoms with Crippen LogP contribution in [0, 0.1) is 0 Å². The fraction of sp³-hybridized carbons (Fsp3) is 0.500. The lowest BCUT2D eigenvalue weighted by Gasteiger charge is -2.29. The van der Waals surface area contributed by atoms with Crippen LogP contribution in [0.1, 0.15) is 24.8 Å². The third-order valence-electron chi connectivity index (χ3n) is 4.55. The predicted octanol–water partition coefficient (Wildman–Crippen LogP) is 2.67. The molecule has 0 saturated carbocycles. The summed E-state index contributed by atoms with van der Waals surface area (Å²) in [7, 11) is 0. The zero-order valence-electron chi connectivity index (χ0n) is 13.8. The highest BCUT2D eigenvalue weighted by atomic mass is 35.5. The lowest BCUT2D eigenvalue weighted by molar-refractivity contribution is 0.0821. The van der Waals surface area contributed by atoms with Crippen molar-refractivity contribution in [3.8, 4) is 11.3 Å². The Hall–Kier alpha value is -1.40. The summed E-state index contributed by atoms with van der Waals surface area (Å²) < 4.78 is 0. The van der Waals surface area contributed by atoms with Gasteiger partial charge in [-0.3, -0.25) is 5.10 Å². The molecule has 3 rings (SSSR count).